The van der Waals surface area contributed by atoms with Crippen LogP contribution in [-0.4, -0.2) is 31.5 Å². The molecule has 0 bridgehead atoms. The van der Waals surface area contributed by atoms with E-state index in [-0.39, 0.29) is 36.7 Å². The lowest BCUT2D eigenvalue weighted by Gasteiger charge is -2.16. The van der Waals surface area contributed by atoms with E-state index in [1.807, 2.05) is 0 Å². The number of benzene rings is 1. The highest BCUT2D eigenvalue weighted by Crippen LogP contribution is 2.23. The first-order valence-corrected chi connectivity index (χ1v) is 8.47. The summed E-state index contributed by atoms with van der Waals surface area (Å²) in [6.45, 7) is -0.00279. The number of amides is 1. The van der Waals surface area contributed by atoms with Crippen LogP contribution < -0.4 is 0 Å². The van der Waals surface area contributed by atoms with Gasteiger partial charge in [-0.25, -0.2) is 21.6 Å². The number of likely N-dealkylation sites (tertiary alicyclic amines) is 1. The minimum absolute atomic E-state index is 0.00188. The highest BCUT2D eigenvalue weighted by molar-refractivity contribution is 8.13. The van der Waals surface area contributed by atoms with E-state index in [0.29, 0.717) is 0 Å². The normalized spacial score (nSPS) is 19.3. The Balaban J connectivity index is 2.09. The van der Waals surface area contributed by atoms with E-state index in [1.165, 1.54) is 4.90 Å². The second-order valence-electron chi connectivity index (χ2n) is 4.92. The summed E-state index contributed by atoms with van der Waals surface area (Å²) in [5.41, 5.74) is 0.0918. The molecule has 21 heavy (non-hydrogen) atoms. The van der Waals surface area contributed by atoms with Gasteiger partial charge in [-0.1, -0.05) is 0 Å². The Morgan fingerprint density at radius 1 is 1.24 bits per heavy atom. The molecule has 1 aliphatic rings. The maximum Gasteiger partial charge on any atom is 0.232 e. The summed E-state index contributed by atoms with van der Waals surface area (Å²) in [5.74, 6) is -5.39. The van der Waals surface area contributed by atoms with Gasteiger partial charge in [0.2, 0.25) is 15.0 Å². The number of nitrogens with zero attached hydrogens (tertiary/aromatic N) is 1. The van der Waals surface area contributed by atoms with E-state index < -0.39 is 32.4 Å². The lowest BCUT2D eigenvalue weighted by Crippen LogP contribution is -2.25. The molecule has 0 spiro atoms. The second kappa shape index (κ2) is 5.84. The largest absolute Gasteiger partial charge is 0.338 e. The maximum atomic E-state index is 13.1. The molecule has 1 atom stereocenters. The van der Waals surface area contributed by atoms with Crippen LogP contribution in [0.2, 0.25) is 0 Å². The molecule has 1 fully saturated rings. The summed E-state index contributed by atoms with van der Waals surface area (Å²) in [7, 11) is 1.41. The van der Waals surface area contributed by atoms with Crippen LogP contribution in [0.1, 0.15) is 12.0 Å². The van der Waals surface area contributed by atoms with Crippen molar-refractivity contribution in [2.24, 2.45) is 5.92 Å². The predicted octanol–water partition coefficient (Wildman–Crippen LogP) is 2.02. The average Bonchev–Trinajstić information content (AvgIpc) is 2.64. The molecule has 0 radical (unpaired) electrons. The Bertz CT molecular complexity index is 657. The molecule has 2 rings (SSSR count). The van der Waals surface area contributed by atoms with Crippen LogP contribution in [0.3, 0.4) is 0 Å². The van der Waals surface area contributed by atoms with Gasteiger partial charge < -0.3 is 4.90 Å². The first kappa shape index (κ1) is 16.1. The van der Waals surface area contributed by atoms with E-state index >= 15 is 0 Å². The zero-order chi connectivity index (χ0) is 15.8. The number of hydrogen-bond donors (Lipinski definition) is 0. The van der Waals surface area contributed by atoms with Gasteiger partial charge in [0.15, 0.2) is 17.5 Å². The molecule has 0 N–H and O–H groups in total. The van der Waals surface area contributed by atoms with Crippen molar-refractivity contribution >= 4 is 25.6 Å². The summed E-state index contributed by atoms with van der Waals surface area (Å²) >= 11 is 0. The average molecular weight is 342 g/mol. The van der Waals surface area contributed by atoms with Crippen molar-refractivity contribution in [2.75, 3.05) is 12.3 Å². The van der Waals surface area contributed by atoms with E-state index in [2.05, 4.69) is 0 Å². The van der Waals surface area contributed by atoms with Gasteiger partial charge in [-0.15, -0.1) is 0 Å². The predicted molar refractivity (Wildman–Crippen MR) is 69.5 cm³/mol. The molecule has 116 valence electrons. The fourth-order valence-electron chi connectivity index (χ4n) is 2.32. The van der Waals surface area contributed by atoms with Crippen molar-refractivity contribution < 1.29 is 26.4 Å². The lowest BCUT2D eigenvalue weighted by molar-refractivity contribution is -0.128. The van der Waals surface area contributed by atoms with Crippen molar-refractivity contribution in [3.05, 3.63) is 35.1 Å². The van der Waals surface area contributed by atoms with Gasteiger partial charge in [0.25, 0.3) is 0 Å². The highest BCUT2D eigenvalue weighted by atomic mass is 35.7. The van der Waals surface area contributed by atoms with Gasteiger partial charge in [-0.2, -0.15) is 0 Å². The highest BCUT2D eigenvalue weighted by Gasteiger charge is 2.32. The van der Waals surface area contributed by atoms with Gasteiger partial charge in [0.1, 0.15) is 0 Å². The minimum atomic E-state index is -3.72. The molecule has 1 aromatic carbocycles. The zero-order valence-electron chi connectivity index (χ0n) is 10.7. The smallest absolute Gasteiger partial charge is 0.232 e. The molecule has 9 heteroatoms. The molecule has 0 aliphatic carbocycles. The minimum Gasteiger partial charge on any atom is -0.338 e. The number of halogens is 4. The molecule has 1 unspecified atom stereocenters. The van der Waals surface area contributed by atoms with E-state index in [9.17, 15) is 26.4 Å². The van der Waals surface area contributed by atoms with Crippen molar-refractivity contribution in [1.82, 2.24) is 4.90 Å². The van der Waals surface area contributed by atoms with Gasteiger partial charge in [-0.3, -0.25) is 4.79 Å². The molecule has 1 amide bonds. The molecule has 4 nitrogen and oxygen atoms in total. The third kappa shape index (κ3) is 4.10. The first-order valence-electron chi connectivity index (χ1n) is 5.99. The number of hydrogen-bond acceptors (Lipinski definition) is 3. The Morgan fingerprint density at radius 3 is 2.33 bits per heavy atom. The summed E-state index contributed by atoms with van der Waals surface area (Å²) < 4.78 is 61.0. The molecule has 0 saturated carbocycles. The summed E-state index contributed by atoms with van der Waals surface area (Å²) in [4.78, 5) is 13.0. The van der Waals surface area contributed by atoms with Gasteiger partial charge in [0.05, 0.1) is 5.75 Å². The number of carbonyl (C=O) groups is 1. The fraction of sp³-hybridized carbons (Fsp3) is 0.417. The topological polar surface area (TPSA) is 54.5 Å². The van der Waals surface area contributed by atoms with E-state index in [4.69, 9.17) is 10.7 Å². The zero-order valence-corrected chi connectivity index (χ0v) is 12.2. The van der Waals surface area contributed by atoms with Crippen LogP contribution in [0.25, 0.3) is 0 Å². The van der Waals surface area contributed by atoms with E-state index in [0.717, 1.165) is 12.1 Å². The molecule has 1 aliphatic heterocycles. The molecular weight excluding hydrogens is 331 g/mol. The summed E-state index contributed by atoms with van der Waals surface area (Å²) in [5, 5.41) is 0. The number of rotatable bonds is 4. The third-order valence-electron chi connectivity index (χ3n) is 3.15. The first-order chi connectivity index (χ1) is 9.65. The van der Waals surface area contributed by atoms with Gasteiger partial charge >= 0.3 is 0 Å². The van der Waals surface area contributed by atoms with Crippen molar-refractivity contribution in [1.29, 1.82) is 0 Å². The van der Waals surface area contributed by atoms with Gasteiger partial charge in [-0.05, 0) is 17.7 Å². The lowest BCUT2D eigenvalue weighted by atomic mass is 10.1. The Hall–Kier alpha value is -1.28. The summed E-state index contributed by atoms with van der Waals surface area (Å²) in [6, 6.07) is 1.61. The van der Waals surface area contributed by atoms with Crippen LogP contribution >= 0.6 is 10.7 Å². The standard InChI is InChI=1S/C12H11ClF3NO3S/c13-21(19,20)6-8-3-11(18)17(5-8)4-7-1-9(14)12(16)10(15)2-7/h1-2,8H,3-6H2. The maximum absolute atomic E-state index is 13.1. The van der Waals surface area contributed by atoms with Gasteiger partial charge in [0, 0.05) is 36.1 Å². The van der Waals surface area contributed by atoms with Crippen LogP contribution in [0.15, 0.2) is 12.1 Å². The fourth-order valence-corrected chi connectivity index (χ4v) is 3.64. The number of carbonyl (C=O) groups excluding carboxylic acids is 1. The Kier molecular flexibility index (Phi) is 4.48. The SMILES string of the molecule is O=C1CC(CS(=O)(=O)Cl)CN1Cc1cc(F)c(F)c(F)c1. The molecule has 1 aromatic rings. The molecular formula is C12H11ClF3NO3S. The van der Waals surface area contributed by atoms with Crippen molar-refractivity contribution in [2.45, 2.75) is 13.0 Å². The Morgan fingerprint density at radius 2 is 1.81 bits per heavy atom. The monoisotopic (exact) mass is 341 g/mol. The molecule has 0 aromatic heterocycles. The van der Waals surface area contributed by atoms with Crippen molar-refractivity contribution in [3.63, 3.8) is 0 Å². The van der Waals surface area contributed by atoms with E-state index in [1.54, 1.807) is 0 Å². The quantitative estimate of drug-likeness (QED) is 0.622. The summed E-state index contributed by atoms with van der Waals surface area (Å²) in [6.07, 6.45) is -0.00188. The third-order valence-corrected chi connectivity index (χ3v) is 4.39. The second-order valence-corrected chi connectivity index (χ2v) is 7.74. The van der Waals surface area contributed by atoms with Crippen LogP contribution in [0, 0.1) is 23.4 Å². The van der Waals surface area contributed by atoms with Crippen molar-refractivity contribution in [3.8, 4) is 0 Å². The molecule has 1 saturated heterocycles. The Labute approximate surface area is 123 Å². The molecule has 1 heterocycles. The van der Waals surface area contributed by atoms with Crippen LogP contribution in [0.5, 0.6) is 0 Å². The van der Waals surface area contributed by atoms with Crippen LogP contribution in [-0.2, 0) is 20.4 Å². The van der Waals surface area contributed by atoms with Crippen LogP contribution in [0.4, 0.5) is 13.2 Å².